The van der Waals surface area contributed by atoms with Gasteiger partial charge in [0.2, 0.25) is 5.49 Å². The molecule has 0 saturated carbocycles. The molecule has 1 aromatic heterocycles. The van der Waals surface area contributed by atoms with Gasteiger partial charge >= 0.3 is 5.69 Å². The average molecular weight is 331 g/mol. The number of aromatic nitrogens is 1. The predicted molar refractivity (Wildman–Crippen MR) is 93.2 cm³/mol. The summed E-state index contributed by atoms with van der Waals surface area (Å²) < 4.78 is 1.42. The van der Waals surface area contributed by atoms with Crippen molar-refractivity contribution in [3.05, 3.63) is 87.9 Å². The van der Waals surface area contributed by atoms with Gasteiger partial charge in [-0.05, 0) is 24.3 Å². The lowest BCUT2D eigenvalue weighted by Gasteiger charge is -2.13. The Balaban J connectivity index is 2.47. The van der Waals surface area contributed by atoms with Crippen molar-refractivity contribution in [3.63, 3.8) is 0 Å². The molecule has 7 nitrogen and oxygen atoms in total. The van der Waals surface area contributed by atoms with Crippen LogP contribution in [0.3, 0.4) is 0 Å². The predicted octanol–water partition coefficient (Wildman–Crippen LogP) is 3.07. The van der Waals surface area contributed by atoms with Gasteiger partial charge in [0, 0.05) is 11.8 Å². The molecule has 0 radical (unpaired) electrons. The van der Waals surface area contributed by atoms with Gasteiger partial charge in [0.1, 0.15) is 11.9 Å². The number of benzene rings is 2. The average Bonchev–Trinajstić information content (AvgIpc) is 2.63. The van der Waals surface area contributed by atoms with Crippen LogP contribution in [0.25, 0.3) is 5.69 Å². The number of hydrogen-bond acceptors (Lipinski definition) is 5. The van der Waals surface area contributed by atoms with Crippen LogP contribution in [0.4, 0.5) is 17.2 Å². The number of nitro groups is 1. The second-order valence-electron chi connectivity index (χ2n) is 5.14. The van der Waals surface area contributed by atoms with Gasteiger partial charge in [0.15, 0.2) is 0 Å². The third-order valence-corrected chi connectivity index (χ3v) is 3.56. The molecule has 3 aromatic rings. The lowest BCUT2D eigenvalue weighted by Crippen LogP contribution is -2.26. The highest BCUT2D eigenvalue weighted by Gasteiger charge is 2.20. The first-order valence-corrected chi connectivity index (χ1v) is 7.37. The van der Waals surface area contributed by atoms with Crippen molar-refractivity contribution in [2.24, 2.45) is 4.99 Å². The third kappa shape index (κ3) is 3.09. The fraction of sp³-hybridized carbons (Fsp3) is 0. The zero-order valence-corrected chi connectivity index (χ0v) is 13.0. The highest BCUT2D eigenvalue weighted by atomic mass is 16.6. The number of rotatable bonds is 3. The van der Waals surface area contributed by atoms with Crippen LogP contribution in [-0.2, 0) is 0 Å². The van der Waals surface area contributed by atoms with Gasteiger partial charge in [-0.15, -0.1) is 0 Å². The van der Waals surface area contributed by atoms with Gasteiger partial charge < -0.3 is 5.73 Å². The molecule has 0 bridgehead atoms. The molecule has 0 amide bonds. The normalized spacial score (nSPS) is 11.1. The van der Waals surface area contributed by atoms with Crippen LogP contribution in [0, 0.1) is 21.4 Å². The monoisotopic (exact) mass is 331 g/mol. The highest BCUT2D eigenvalue weighted by Crippen LogP contribution is 2.20. The number of para-hydroxylation sites is 2. The molecule has 2 N–H and O–H groups in total. The Morgan fingerprint density at radius 3 is 2.24 bits per heavy atom. The molecule has 7 heteroatoms. The van der Waals surface area contributed by atoms with E-state index < -0.39 is 4.92 Å². The number of nitrogens with zero attached hydrogens (tertiary/aromatic N) is 4. The van der Waals surface area contributed by atoms with Crippen LogP contribution in [0.1, 0.15) is 5.56 Å². The van der Waals surface area contributed by atoms with Gasteiger partial charge in [-0.3, -0.25) is 14.7 Å². The summed E-state index contributed by atoms with van der Waals surface area (Å²) in [7, 11) is 0. The van der Waals surface area contributed by atoms with Crippen LogP contribution in [-0.4, -0.2) is 9.49 Å². The van der Waals surface area contributed by atoms with Gasteiger partial charge in [0.05, 0.1) is 16.2 Å². The molecule has 2 aromatic carbocycles. The molecule has 0 fully saturated rings. The van der Waals surface area contributed by atoms with E-state index in [0.29, 0.717) is 11.4 Å². The van der Waals surface area contributed by atoms with Gasteiger partial charge in [-0.25, -0.2) is 4.99 Å². The molecule has 0 spiro atoms. The van der Waals surface area contributed by atoms with E-state index in [0.717, 1.165) is 6.07 Å². The summed E-state index contributed by atoms with van der Waals surface area (Å²) in [5.41, 5.74) is 7.00. The Morgan fingerprint density at radius 2 is 1.68 bits per heavy atom. The van der Waals surface area contributed by atoms with E-state index >= 15 is 0 Å². The fourth-order valence-corrected chi connectivity index (χ4v) is 2.42. The van der Waals surface area contributed by atoms with E-state index in [4.69, 9.17) is 5.73 Å². The molecule has 0 aliphatic carbocycles. The molecule has 0 atom stereocenters. The van der Waals surface area contributed by atoms with E-state index in [1.54, 1.807) is 48.5 Å². The maximum absolute atomic E-state index is 11.6. The van der Waals surface area contributed by atoms with E-state index in [2.05, 4.69) is 4.99 Å². The summed E-state index contributed by atoms with van der Waals surface area (Å²) in [5, 5.41) is 20.8. The molecule has 25 heavy (non-hydrogen) atoms. The van der Waals surface area contributed by atoms with Crippen molar-refractivity contribution >= 4 is 17.2 Å². The van der Waals surface area contributed by atoms with E-state index in [1.165, 1.54) is 4.57 Å². The maximum atomic E-state index is 11.6. The van der Waals surface area contributed by atoms with Crippen molar-refractivity contribution in [3.8, 4) is 11.8 Å². The van der Waals surface area contributed by atoms with Crippen LogP contribution in [0.5, 0.6) is 0 Å². The fourth-order valence-electron chi connectivity index (χ4n) is 2.42. The van der Waals surface area contributed by atoms with Crippen LogP contribution in [0.15, 0.2) is 71.7 Å². The topological polar surface area (TPSA) is 110 Å². The minimum atomic E-state index is -0.568. The standard InChI is InChI=1S/C18H13N5O2/c19-12-13-11-16(23(24)25)18(21-14-7-3-1-4-8-14)22(17(13)20)15-9-5-2-6-10-15/h1-11H,20H2. The Kier molecular flexibility index (Phi) is 4.26. The molecule has 0 aliphatic heterocycles. The number of nitriles is 1. The molecule has 3 rings (SSSR count). The maximum Gasteiger partial charge on any atom is 0.313 e. The lowest BCUT2D eigenvalue weighted by molar-refractivity contribution is -0.386. The molecule has 0 saturated heterocycles. The molecular formula is C18H13N5O2. The van der Waals surface area contributed by atoms with E-state index in [9.17, 15) is 15.4 Å². The minimum absolute atomic E-state index is 0.0163. The zero-order valence-electron chi connectivity index (χ0n) is 13.0. The third-order valence-electron chi connectivity index (χ3n) is 3.56. The Hall–Kier alpha value is -3.92. The van der Waals surface area contributed by atoms with Crippen molar-refractivity contribution in [2.45, 2.75) is 0 Å². The highest BCUT2D eigenvalue weighted by molar-refractivity contribution is 5.58. The lowest BCUT2D eigenvalue weighted by atomic mass is 10.2. The Morgan fingerprint density at radius 1 is 1.08 bits per heavy atom. The summed E-state index contributed by atoms with van der Waals surface area (Å²) in [6, 6.07) is 20.8. The van der Waals surface area contributed by atoms with Gasteiger partial charge in [-0.1, -0.05) is 36.4 Å². The number of anilines is 1. The van der Waals surface area contributed by atoms with Crippen LogP contribution in [0.2, 0.25) is 0 Å². The second kappa shape index (κ2) is 6.68. The SMILES string of the molecule is N#Cc1cc([N+](=O)[O-])c(=Nc2ccccc2)n(-c2ccccc2)c1N. The number of nitrogens with two attached hydrogens (primary N) is 1. The first-order valence-electron chi connectivity index (χ1n) is 7.37. The molecular weight excluding hydrogens is 318 g/mol. The van der Waals surface area contributed by atoms with E-state index in [1.807, 2.05) is 18.2 Å². The molecule has 122 valence electrons. The number of hydrogen-bond donors (Lipinski definition) is 1. The summed E-state index contributed by atoms with van der Waals surface area (Å²) in [4.78, 5) is 15.4. The Bertz CT molecular complexity index is 1030. The van der Waals surface area contributed by atoms with Crippen molar-refractivity contribution < 1.29 is 4.92 Å². The largest absolute Gasteiger partial charge is 0.384 e. The smallest absolute Gasteiger partial charge is 0.313 e. The first-order chi connectivity index (χ1) is 12.1. The van der Waals surface area contributed by atoms with Gasteiger partial charge in [-0.2, -0.15) is 5.26 Å². The van der Waals surface area contributed by atoms with E-state index in [-0.39, 0.29) is 22.6 Å². The van der Waals surface area contributed by atoms with Crippen LogP contribution >= 0.6 is 0 Å². The van der Waals surface area contributed by atoms with Crippen molar-refractivity contribution in [2.75, 3.05) is 5.73 Å². The first kappa shape index (κ1) is 16.0. The summed E-state index contributed by atoms with van der Waals surface area (Å²) in [6.07, 6.45) is 0. The van der Waals surface area contributed by atoms with Crippen molar-refractivity contribution in [1.29, 1.82) is 5.26 Å². The number of nitrogen functional groups attached to an aromatic ring is 1. The second-order valence-corrected chi connectivity index (χ2v) is 5.14. The zero-order chi connectivity index (χ0) is 17.8. The minimum Gasteiger partial charge on any atom is -0.384 e. The summed E-state index contributed by atoms with van der Waals surface area (Å²) in [6.45, 7) is 0. The van der Waals surface area contributed by atoms with Crippen LogP contribution < -0.4 is 11.2 Å². The molecule has 0 aliphatic rings. The molecule has 0 unspecified atom stereocenters. The van der Waals surface area contributed by atoms with Crippen molar-refractivity contribution in [1.82, 2.24) is 4.57 Å². The molecule has 1 heterocycles. The van der Waals surface area contributed by atoms with Gasteiger partial charge in [0.25, 0.3) is 0 Å². The Labute approximate surface area is 143 Å². The summed E-state index contributed by atoms with van der Waals surface area (Å²) in [5.74, 6) is 0.0916. The summed E-state index contributed by atoms with van der Waals surface area (Å²) >= 11 is 0. The number of pyridine rings is 1. The quantitative estimate of drug-likeness (QED) is 0.587.